The van der Waals surface area contributed by atoms with Crippen molar-refractivity contribution in [2.45, 2.75) is 69.8 Å². The number of hydrazone groups is 1. The number of hydrogen-bond donors (Lipinski definition) is 2. The van der Waals surface area contributed by atoms with E-state index in [0.717, 1.165) is 31.2 Å². The minimum absolute atomic E-state index is 0.219. The maximum atomic E-state index is 12.3. The van der Waals surface area contributed by atoms with E-state index in [0.29, 0.717) is 10.0 Å². The predicted molar refractivity (Wildman–Crippen MR) is 119 cm³/mol. The molecule has 1 amide bonds. The summed E-state index contributed by atoms with van der Waals surface area (Å²) < 4.78 is 0.122. The summed E-state index contributed by atoms with van der Waals surface area (Å²) in [7, 11) is 0. The van der Waals surface area contributed by atoms with Crippen LogP contribution >= 0.6 is 24.0 Å². The van der Waals surface area contributed by atoms with Gasteiger partial charge in [-0.15, -0.1) is 0 Å². The van der Waals surface area contributed by atoms with Gasteiger partial charge in [-0.2, -0.15) is 5.10 Å². The van der Waals surface area contributed by atoms with Crippen LogP contribution in [0.5, 0.6) is 0 Å². The van der Waals surface area contributed by atoms with Gasteiger partial charge in [-0.3, -0.25) is 10.0 Å². The lowest BCUT2D eigenvalue weighted by atomic mass is 9.95. The standard InChI is InChI=1S/C20H28N4O2S2/c1-14-9-11-16(12-10-14)24(26)18-20(2,3)28-19(27)23(18)21-13-17(25)22-15-7-5-4-6-8-15/h9-13,15,18,26H,4-8H2,1-3H3,(H,22,25). The van der Waals surface area contributed by atoms with Crippen molar-refractivity contribution in [2.75, 3.05) is 5.06 Å². The maximum absolute atomic E-state index is 12.3. The van der Waals surface area contributed by atoms with Crippen molar-refractivity contribution in [3.63, 3.8) is 0 Å². The summed E-state index contributed by atoms with van der Waals surface area (Å²) in [6, 6.07) is 7.82. The van der Waals surface area contributed by atoms with Gasteiger partial charge in [-0.05, 0) is 45.7 Å². The van der Waals surface area contributed by atoms with Crippen LogP contribution in [0, 0.1) is 6.92 Å². The number of rotatable bonds is 5. The molecule has 1 saturated heterocycles. The van der Waals surface area contributed by atoms with E-state index in [1.165, 1.54) is 29.5 Å². The van der Waals surface area contributed by atoms with Crippen LogP contribution in [0.2, 0.25) is 0 Å². The minimum atomic E-state index is -0.522. The maximum Gasteiger partial charge on any atom is 0.264 e. The number of carbonyl (C=O) groups excluding carboxylic acids is 1. The molecule has 1 unspecified atom stereocenters. The number of thiocarbonyl (C=S) groups is 1. The molecule has 2 N–H and O–H groups in total. The summed E-state index contributed by atoms with van der Waals surface area (Å²) in [5.41, 5.74) is 1.77. The third kappa shape index (κ3) is 4.85. The van der Waals surface area contributed by atoms with Crippen molar-refractivity contribution < 1.29 is 10.0 Å². The van der Waals surface area contributed by atoms with E-state index in [9.17, 15) is 10.0 Å². The molecule has 8 heteroatoms. The summed E-state index contributed by atoms with van der Waals surface area (Å²) in [5, 5.41) is 21.0. The summed E-state index contributed by atoms with van der Waals surface area (Å²) in [6.45, 7) is 6.00. The molecule has 28 heavy (non-hydrogen) atoms. The number of thioether (sulfide) groups is 1. The van der Waals surface area contributed by atoms with Crippen LogP contribution in [0.4, 0.5) is 5.69 Å². The van der Waals surface area contributed by atoms with E-state index in [2.05, 4.69) is 10.4 Å². The monoisotopic (exact) mass is 420 g/mol. The van der Waals surface area contributed by atoms with Crippen LogP contribution < -0.4 is 10.4 Å². The molecule has 1 aliphatic carbocycles. The molecular weight excluding hydrogens is 392 g/mol. The number of benzene rings is 1. The van der Waals surface area contributed by atoms with E-state index >= 15 is 0 Å². The summed E-state index contributed by atoms with van der Waals surface area (Å²) >= 11 is 6.94. The predicted octanol–water partition coefficient (Wildman–Crippen LogP) is 4.06. The Labute approximate surface area is 176 Å². The molecule has 0 radical (unpaired) electrons. The van der Waals surface area contributed by atoms with Crippen LogP contribution in [-0.4, -0.2) is 43.6 Å². The first kappa shape index (κ1) is 21.1. The Morgan fingerprint density at radius 2 is 1.96 bits per heavy atom. The molecule has 1 atom stereocenters. The molecule has 1 saturated carbocycles. The van der Waals surface area contributed by atoms with E-state index in [1.54, 1.807) is 5.01 Å². The first-order chi connectivity index (χ1) is 13.3. The Bertz CT molecular complexity index is 745. The molecule has 1 heterocycles. The second-order valence-corrected chi connectivity index (χ2v) is 10.2. The average Bonchev–Trinajstić information content (AvgIpc) is 2.88. The Hall–Kier alpha value is -1.64. The SMILES string of the molecule is Cc1ccc(N(O)C2N(N=CC(=O)NC3CCCCC3)C(=S)SC2(C)C)cc1. The van der Waals surface area contributed by atoms with Gasteiger partial charge in [0.2, 0.25) is 0 Å². The molecule has 0 aromatic heterocycles. The van der Waals surface area contributed by atoms with Gasteiger partial charge < -0.3 is 5.32 Å². The van der Waals surface area contributed by atoms with E-state index < -0.39 is 10.9 Å². The molecule has 2 fully saturated rings. The molecule has 0 spiro atoms. The number of amides is 1. The fourth-order valence-electron chi connectivity index (χ4n) is 3.67. The molecule has 1 aromatic carbocycles. The van der Waals surface area contributed by atoms with Crippen molar-refractivity contribution in [1.82, 2.24) is 10.3 Å². The van der Waals surface area contributed by atoms with Crippen molar-refractivity contribution in [2.24, 2.45) is 5.10 Å². The zero-order chi connectivity index (χ0) is 20.3. The quantitative estimate of drug-likeness (QED) is 0.425. The summed E-state index contributed by atoms with van der Waals surface area (Å²) in [4.78, 5) is 12.3. The van der Waals surface area contributed by atoms with Gasteiger partial charge in [0, 0.05) is 6.04 Å². The zero-order valence-electron chi connectivity index (χ0n) is 16.6. The second kappa shape index (κ2) is 8.80. The number of hydrogen-bond acceptors (Lipinski definition) is 6. The van der Waals surface area contributed by atoms with Crippen molar-refractivity contribution >= 4 is 46.1 Å². The highest BCUT2D eigenvalue weighted by atomic mass is 32.2. The number of nitrogens with zero attached hydrogens (tertiary/aromatic N) is 3. The van der Waals surface area contributed by atoms with E-state index in [1.807, 2.05) is 45.0 Å². The smallest absolute Gasteiger partial charge is 0.264 e. The zero-order valence-corrected chi connectivity index (χ0v) is 18.2. The normalized spacial score (nSPS) is 22.6. The van der Waals surface area contributed by atoms with Gasteiger partial charge in [-0.1, -0.05) is 60.9 Å². The highest BCUT2D eigenvalue weighted by Gasteiger charge is 2.48. The van der Waals surface area contributed by atoms with Crippen molar-refractivity contribution in [1.29, 1.82) is 0 Å². The van der Waals surface area contributed by atoms with Gasteiger partial charge in [0.05, 0.1) is 10.4 Å². The van der Waals surface area contributed by atoms with Crippen molar-refractivity contribution in [3.05, 3.63) is 29.8 Å². The molecule has 1 aromatic rings. The van der Waals surface area contributed by atoms with Crippen LogP contribution in [0.15, 0.2) is 29.4 Å². The number of aryl methyl sites for hydroxylation is 1. The largest absolute Gasteiger partial charge is 0.348 e. The lowest BCUT2D eigenvalue weighted by molar-refractivity contribution is -0.115. The van der Waals surface area contributed by atoms with Gasteiger partial charge in [-0.25, -0.2) is 10.1 Å². The Morgan fingerprint density at radius 1 is 1.32 bits per heavy atom. The van der Waals surface area contributed by atoms with Crippen LogP contribution in [0.1, 0.15) is 51.5 Å². The van der Waals surface area contributed by atoms with Gasteiger partial charge >= 0.3 is 0 Å². The number of anilines is 1. The Balaban J connectivity index is 1.74. The summed E-state index contributed by atoms with van der Waals surface area (Å²) in [6.07, 6.45) is 6.34. The molecule has 1 aliphatic heterocycles. The topological polar surface area (TPSA) is 68.2 Å². The molecule has 152 valence electrons. The first-order valence-corrected chi connectivity index (χ1v) is 10.9. The number of hydroxylamine groups is 1. The lowest BCUT2D eigenvalue weighted by Gasteiger charge is -2.35. The van der Waals surface area contributed by atoms with Gasteiger partial charge in [0.1, 0.15) is 6.21 Å². The fourth-order valence-corrected chi connectivity index (χ4v) is 5.45. The number of carbonyl (C=O) groups is 1. The van der Waals surface area contributed by atoms with Crippen LogP contribution in [0.3, 0.4) is 0 Å². The average molecular weight is 421 g/mol. The Morgan fingerprint density at radius 3 is 2.61 bits per heavy atom. The van der Waals surface area contributed by atoms with Gasteiger partial charge in [0.25, 0.3) is 5.91 Å². The van der Waals surface area contributed by atoms with Crippen LogP contribution in [0.25, 0.3) is 0 Å². The Kier molecular flexibility index (Phi) is 6.62. The number of nitrogens with one attached hydrogen (secondary N) is 1. The minimum Gasteiger partial charge on any atom is -0.348 e. The molecule has 0 bridgehead atoms. The van der Waals surface area contributed by atoms with Crippen LogP contribution in [-0.2, 0) is 4.79 Å². The van der Waals surface area contributed by atoms with E-state index in [-0.39, 0.29) is 11.9 Å². The third-order valence-corrected chi connectivity index (χ3v) is 6.71. The lowest BCUT2D eigenvalue weighted by Crippen LogP contribution is -2.51. The second-order valence-electron chi connectivity index (χ2n) is 7.96. The summed E-state index contributed by atoms with van der Waals surface area (Å²) in [5.74, 6) is -0.219. The molecular formula is C20H28N4O2S2. The first-order valence-electron chi connectivity index (χ1n) is 9.69. The van der Waals surface area contributed by atoms with Gasteiger partial charge in [0.15, 0.2) is 10.5 Å². The highest BCUT2D eigenvalue weighted by Crippen LogP contribution is 2.43. The van der Waals surface area contributed by atoms with Crippen molar-refractivity contribution in [3.8, 4) is 0 Å². The molecule has 3 rings (SSSR count). The highest BCUT2D eigenvalue weighted by molar-refractivity contribution is 8.24. The van der Waals surface area contributed by atoms with E-state index in [4.69, 9.17) is 12.2 Å². The fraction of sp³-hybridized carbons (Fsp3) is 0.550. The molecule has 2 aliphatic rings. The molecule has 6 nitrogen and oxygen atoms in total. The third-order valence-electron chi connectivity index (χ3n) is 5.17.